The molecule has 0 bridgehead atoms. The van der Waals surface area contributed by atoms with Gasteiger partial charge in [0.05, 0.1) is 10.3 Å². The molecule has 1 atom stereocenters. The van der Waals surface area contributed by atoms with Crippen LogP contribution in [-0.4, -0.2) is 35.4 Å². The summed E-state index contributed by atoms with van der Waals surface area (Å²) in [5.74, 6) is 1.41. The van der Waals surface area contributed by atoms with E-state index >= 15 is 0 Å². The molecule has 3 heterocycles. The predicted octanol–water partition coefficient (Wildman–Crippen LogP) is 4.83. The molecule has 2 aromatic carbocycles. The Morgan fingerprint density at radius 3 is 2.58 bits per heavy atom. The van der Waals surface area contributed by atoms with Crippen molar-refractivity contribution in [2.24, 2.45) is 5.92 Å². The van der Waals surface area contributed by atoms with Gasteiger partial charge in [-0.25, -0.2) is 22.4 Å². The molecule has 0 radical (unpaired) electrons. The zero-order chi connectivity index (χ0) is 22.8. The van der Waals surface area contributed by atoms with Crippen molar-refractivity contribution in [2.45, 2.75) is 37.5 Å². The number of nitrogens with zero attached hydrogens (tertiary/aromatic N) is 4. The van der Waals surface area contributed by atoms with Crippen LogP contribution in [0.5, 0.6) is 0 Å². The highest BCUT2D eigenvalue weighted by Crippen LogP contribution is 2.31. The predicted molar refractivity (Wildman–Crippen MR) is 131 cm³/mol. The maximum atomic E-state index is 13.3. The van der Waals surface area contributed by atoms with Gasteiger partial charge >= 0.3 is 0 Å². The molecule has 5 rings (SSSR count). The van der Waals surface area contributed by atoms with Crippen molar-refractivity contribution in [2.75, 3.05) is 18.0 Å². The molecule has 2 aromatic heterocycles. The fourth-order valence-electron chi connectivity index (χ4n) is 4.69. The van der Waals surface area contributed by atoms with E-state index in [2.05, 4.69) is 45.2 Å². The molecule has 4 aromatic rings. The number of benzene rings is 2. The topological polar surface area (TPSA) is 68.1 Å². The number of aryl methyl sites for hydroxylation is 2. The highest BCUT2D eigenvalue weighted by Gasteiger charge is 2.25. The van der Waals surface area contributed by atoms with E-state index in [4.69, 9.17) is 0 Å². The summed E-state index contributed by atoms with van der Waals surface area (Å²) in [6, 6.07) is 19.3. The number of hydrogen-bond acceptors (Lipinski definition) is 5. The van der Waals surface area contributed by atoms with Gasteiger partial charge in [-0.1, -0.05) is 48.0 Å². The first kappa shape index (κ1) is 21.6. The standard InChI is InChI=1S/C26H28N4O2S/c1-20-9-13-23(14-10-20)33(31,32)30-17-15-24-25(27-19-28-26(24)30)29-16-5-8-22(18-29)12-11-21-6-3-2-4-7-21/h2-4,6-7,9-10,13-15,17,19,22H,5,8,11-12,16,18H2,1H3. The number of fused-ring (bicyclic) bond motifs is 1. The summed E-state index contributed by atoms with van der Waals surface area (Å²) in [4.78, 5) is 11.5. The first-order valence-electron chi connectivity index (χ1n) is 11.5. The Balaban J connectivity index is 1.40. The maximum absolute atomic E-state index is 13.3. The van der Waals surface area contributed by atoms with Crippen LogP contribution >= 0.6 is 0 Å². The zero-order valence-electron chi connectivity index (χ0n) is 18.8. The van der Waals surface area contributed by atoms with Gasteiger partial charge in [0.2, 0.25) is 0 Å². The summed E-state index contributed by atoms with van der Waals surface area (Å²) in [6.45, 7) is 3.78. The number of piperidine rings is 1. The van der Waals surface area contributed by atoms with E-state index in [-0.39, 0.29) is 4.90 Å². The summed E-state index contributed by atoms with van der Waals surface area (Å²) < 4.78 is 27.8. The molecule has 1 fully saturated rings. The van der Waals surface area contributed by atoms with E-state index in [0.717, 1.165) is 49.1 Å². The van der Waals surface area contributed by atoms with Crippen LogP contribution in [0.3, 0.4) is 0 Å². The lowest BCUT2D eigenvalue weighted by atomic mass is 9.91. The van der Waals surface area contributed by atoms with Gasteiger partial charge in [0, 0.05) is 19.3 Å². The minimum atomic E-state index is -3.73. The summed E-state index contributed by atoms with van der Waals surface area (Å²) in [5, 5.41) is 0.775. The second-order valence-electron chi connectivity index (χ2n) is 8.84. The van der Waals surface area contributed by atoms with Crippen LogP contribution in [0.25, 0.3) is 11.0 Å². The van der Waals surface area contributed by atoms with Crippen LogP contribution in [0.1, 0.15) is 30.4 Å². The van der Waals surface area contributed by atoms with Crippen molar-refractivity contribution in [3.63, 3.8) is 0 Å². The van der Waals surface area contributed by atoms with Gasteiger partial charge in [-0.15, -0.1) is 0 Å². The quantitative estimate of drug-likeness (QED) is 0.412. The highest BCUT2D eigenvalue weighted by molar-refractivity contribution is 7.90. The molecule has 33 heavy (non-hydrogen) atoms. The molecule has 170 valence electrons. The van der Waals surface area contributed by atoms with Gasteiger partial charge in [0.25, 0.3) is 10.0 Å². The molecule has 6 nitrogen and oxygen atoms in total. The number of anilines is 1. The van der Waals surface area contributed by atoms with Gasteiger partial charge in [-0.2, -0.15) is 0 Å². The lowest BCUT2D eigenvalue weighted by Crippen LogP contribution is -2.36. The van der Waals surface area contributed by atoms with Gasteiger partial charge in [0.1, 0.15) is 12.1 Å². The Bertz CT molecular complexity index is 1350. The molecular weight excluding hydrogens is 432 g/mol. The van der Waals surface area contributed by atoms with Crippen molar-refractivity contribution < 1.29 is 8.42 Å². The molecule has 0 spiro atoms. The SMILES string of the molecule is Cc1ccc(S(=O)(=O)n2ccc3c(N4CCCC(CCc5ccccc5)C4)ncnc32)cc1. The summed E-state index contributed by atoms with van der Waals surface area (Å²) in [6.07, 6.45) is 7.59. The minimum absolute atomic E-state index is 0.254. The molecule has 7 heteroatoms. The Hall–Kier alpha value is -3.19. The Morgan fingerprint density at radius 1 is 1.00 bits per heavy atom. The van der Waals surface area contributed by atoms with Crippen LogP contribution in [0.4, 0.5) is 5.82 Å². The van der Waals surface area contributed by atoms with Crippen LogP contribution < -0.4 is 4.90 Å². The van der Waals surface area contributed by atoms with Crippen LogP contribution in [0.2, 0.25) is 0 Å². The maximum Gasteiger partial charge on any atom is 0.269 e. The van der Waals surface area contributed by atoms with Gasteiger partial charge in [0.15, 0.2) is 5.65 Å². The zero-order valence-corrected chi connectivity index (χ0v) is 19.6. The van der Waals surface area contributed by atoms with Crippen molar-refractivity contribution in [1.29, 1.82) is 0 Å². The van der Waals surface area contributed by atoms with E-state index < -0.39 is 10.0 Å². The summed E-state index contributed by atoms with van der Waals surface area (Å²) in [5.41, 5.74) is 2.81. The van der Waals surface area contributed by atoms with E-state index in [1.165, 1.54) is 22.3 Å². The Labute approximate surface area is 195 Å². The molecule has 1 aliphatic rings. The Kier molecular flexibility index (Phi) is 5.89. The second-order valence-corrected chi connectivity index (χ2v) is 10.7. The minimum Gasteiger partial charge on any atom is -0.356 e. The summed E-state index contributed by atoms with van der Waals surface area (Å²) in [7, 11) is -3.73. The molecule has 0 amide bonds. The second kappa shape index (κ2) is 8.98. The third-order valence-electron chi connectivity index (χ3n) is 6.51. The third-order valence-corrected chi connectivity index (χ3v) is 8.19. The van der Waals surface area contributed by atoms with Crippen molar-refractivity contribution in [3.8, 4) is 0 Å². The fraction of sp³-hybridized carbons (Fsp3) is 0.308. The van der Waals surface area contributed by atoms with Crippen molar-refractivity contribution in [1.82, 2.24) is 13.9 Å². The fourth-order valence-corrected chi connectivity index (χ4v) is 5.99. The average molecular weight is 461 g/mol. The average Bonchev–Trinajstić information content (AvgIpc) is 3.29. The first-order valence-corrected chi connectivity index (χ1v) is 12.9. The first-order chi connectivity index (χ1) is 16.0. The summed E-state index contributed by atoms with van der Waals surface area (Å²) >= 11 is 0. The molecule has 0 aliphatic carbocycles. The largest absolute Gasteiger partial charge is 0.356 e. The van der Waals surface area contributed by atoms with E-state index in [0.29, 0.717) is 11.6 Å². The number of rotatable bonds is 6. The monoisotopic (exact) mass is 460 g/mol. The van der Waals surface area contributed by atoms with Crippen LogP contribution in [-0.2, 0) is 16.4 Å². The molecule has 0 saturated carbocycles. The normalized spacial score (nSPS) is 16.9. The van der Waals surface area contributed by atoms with Crippen LogP contribution in [0.15, 0.2) is 78.1 Å². The van der Waals surface area contributed by atoms with Crippen LogP contribution in [0, 0.1) is 12.8 Å². The molecule has 1 saturated heterocycles. The molecular formula is C26H28N4O2S. The number of hydrogen-bond donors (Lipinski definition) is 0. The smallest absolute Gasteiger partial charge is 0.269 e. The molecule has 0 N–H and O–H groups in total. The molecule has 1 aliphatic heterocycles. The van der Waals surface area contributed by atoms with E-state index in [1.807, 2.05) is 25.1 Å². The highest BCUT2D eigenvalue weighted by atomic mass is 32.2. The van der Waals surface area contributed by atoms with Crippen molar-refractivity contribution in [3.05, 3.63) is 84.3 Å². The number of aromatic nitrogens is 3. The lowest BCUT2D eigenvalue weighted by Gasteiger charge is -2.34. The van der Waals surface area contributed by atoms with Crippen molar-refractivity contribution >= 4 is 26.9 Å². The van der Waals surface area contributed by atoms with Gasteiger partial charge < -0.3 is 4.90 Å². The van der Waals surface area contributed by atoms with E-state index in [9.17, 15) is 8.42 Å². The Morgan fingerprint density at radius 2 is 1.79 bits per heavy atom. The molecule has 1 unspecified atom stereocenters. The lowest BCUT2D eigenvalue weighted by molar-refractivity contribution is 0.390. The third kappa shape index (κ3) is 4.37. The van der Waals surface area contributed by atoms with Gasteiger partial charge in [-0.3, -0.25) is 0 Å². The van der Waals surface area contributed by atoms with E-state index in [1.54, 1.807) is 18.3 Å². The van der Waals surface area contributed by atoms with Gasteiger partial charge in [-0.05, 0) is 62.3 Å².